The van der Waals surface area contributed by atoms with Crippen molar-refractivity contribution in [3.05, 3.63) is 322 Å². The van der Waals surface area contributed by atoms with Gasteiger partial charge in [-0.15, -0.1) is 34.9 Å². The molecule has 0 radical (unpaired) electrons. The van der Waals surface area contributed by atoms with E-state index in [1.807, 2.05) is 188 Å². The molecular weight excluding hydrogens is 1350 g/mol. The lowest BCUT2D eigenvalue weighted by molar-refractivity contribution is -0.686. The minimum atomic E-state index is -1.13. The monoisotopic (exact) mass is 1420 g/mol. The zero-order valence-corrected chi connectivity index (χ0v) is 58.5. The number of pyridine rings is 1. The Balaban J connectivity index is 0.826. The maximum atomic E-state index is 15.3. The number of carbonyl (C=O) groups excluding carboxylic acids is 4. The van der Waals surface area contributed by atoms with Crippen LogP contribution in [0.4, 0.5) is 5.13 Å². The molecule has 12 rings (SSSR count). The van der Waals surface area contributed by atoms with Crippen LogP contribution in [0.3, 0.4) is 0 Å². The summed E-state index contributed by atoms with van der Waals surface area (Å²) in [4.78, 5) is 72.7. The van der Waals surface area contributed by atoms with Gasteiger partial charge in [0.05, 0.1) is 26.4 Å². The Hall–Kier alpha value is -10.4. The number of hydrogen-bond acceptors (Lipinski definition) is 19. The smallest absolute Gasteiger partial charge is 0.373 e. The number of rotatable bonds is 35. The van der Waals surface area contributed by atoms with Crippen LogP contribution in [0, 0.1) is 0 Å². The predicted octanol–water partition coefficient (Wildman–Crippen LogP) is 12.9. The third-order valence-corrected chi connectivity index (χ3v) is 19.9. The predicted molar refractivity (Wildman–Crippen MR) is 390 cm³/mol. The first-order chi connectivity index (χ1) is 50.2. The van der Waals surface area contributed by atoms with Crippen LogP contribution in [0.15, 0.2) is 282 Å². The molecule has 0 spiro atoms. The topological polar surface area (TPSA) is 208 Å². The maximum absolute atomic E-state index is 15.3. The molecule has 2 amide bonds. The third-order valence-electron chi connectivity index (χ3n) is 16.7. The lowest BCUT2D eigenvalue weighted by Gasteiger charge is -2.49. The number of methoxy groups -OCH3 is 2. The number of aromatic nitrogens is 2. The van der Waals surface area contributed by atoms with Crippen molar-refractivity contribution in [1.82, 2.24) is 15.2 Å². The van der Waals surface area contributed by atoms with E-state index in [-0.39, 0.29) is 49.6 Å². The fourth-order valence-electron chi connectivity index (χ4n) is 11.7. The largest absolute Gasteiger partial charge is 0.464 e. The lowest BCUT2D eigenvalue weighted by atomic mass is 9.77. The number of carbonyl (C=O) groups is 4. The quantitative estimate of drug-likeness (QED) is 0.00436. The van der Waals surface area contributed by atoms with Crippen LogP contribution in [0.5, 0.6) is 11.5 Å². The minimum Gasteiger partial charge on any atom is -0.464 e. The molecular formula is C80H75N6O13S3+. The molecule has 520 valence electrons. The van der Waals surface area contributed by atoms with E-state index >= 15 is 14.4 Å². The molecule has 1 fully saturated rings. The van der Waals surface area contributed by atoms with E-state index in [0.717, 1.165) is 43.8 Å². The second-order valence-electron chi connectivity index (χ2n) is 23.4. The van der Waals surface area contributed by atoms with Gasteiger partial charge in [0, 0.05) is 48.1 Å². The Kier molecular flexibility index (Phi) is 25.0. The van der Waals surface area contributed by atoms with E-state index in [2.05, 4.69) is 52.2 Å². The SMILES string of the molecule is COCCOCOc1ccc(CON=C(C(=O)NC2C(=O)N3C(C(=O)OC(c4ccccc4)c4ccccc4)=C(CSc4cc[n+](CC(=O)OC(c5ccccc5)c5ccccc5)cc4)CS[C@@H]23)c2csc(NC(c3ccccc3)(c3ccccc3)c3ccccc3)n2)cc1OCOCCOC. The standard InChI is InChI=1S/C80H74N6O13S3/c1-91-44-46-93-54-95-67-39-38-56(48-68(67)96-55-94-47-45-92-2)50-97-84-70(66-53-102-79(81-66)83-80(62-32-18-7-19-33-62,63-34-20-8-21-35-63)64-36-22-9-23-37-64)75(88)82-71-76(89)86-72(78(90)99-74(59-28-14-5-15-29-59)60-30-16-6-17-31-60)61(52-101-77(71)86)51-100-65-40-42-85(43-41-65)49-69(87)98-73(57-24-10-3-11-25-57)58-26-12-4-13-27-58/h3-43,48,53,71,73-74,77H,44-47,49-52,54-55H2,1-2H3,(H-,81,82,83,88)/p+1/t71?,77-/m0/s1. The molecule has 1 unspecified atom stereocenters. The fraction of sp³-hybridized carbons (Fsp3) is 0.212. The molecule has 10 aromatic rings. The summed E-state index contributed by atoms with van der Waals surface area (Å²) in [6.45, 7) is 0.973. The molecule has 2 aliphatic rings. The number of thiazole rings is 1. The first kappa shape index (κ1) is 71.4. The van der Waals surface area contributed by atoms with Crippen molar-refractivity contribution in [2.45, 2.75) is 47.2 Å². The van der Waals surface area contributed by atoms with Crippen molar-refractivity contribution < 1.29 is 66.5 Å². The summed E-state index contributed by atoms with van der Waals surface area (Å²) >= 11 is 4.14. The highest BCUT2D eigenvalue weighted by atomic mass is 32.2. The van der Waals surface area contributed by atoms with Gasteiger partial charge in [-0.25, -0.2) is 14.6 Å². The molecule has 8 aromatic carbocycles. The molecule has 0 bridgehead atoms. The van der Waals surface area contributed by atoms with Gasteiger partial charge in [-0.1, -0.05) is 224 Å². The summed E-state index contributed by atoms with van der Waals surface area (Å²) in [7, 11) is 3.16. The molecule has 1 saturated heterocycles. The summed E-state index contributed by atoms with van der Waals surface area (Å²) in [6, 6.07) is 76.1. The van der Waals surface area contributed by atoms with Crippen molar-refractivity contribution in [1.29, 1.82) is 0 Å². The summed E-state index contributed by atoms with van der Waals surface area (Å²) in [5.74, 6) is -1.13. The van der Waals surface area contributed by atoms with Crippen LogP contribution in [-0.4, -0.2) is 117 Å². The molecule has 2 aromatic heterocycles. The number of oxime groups is 1. The third kappa shape index (κ3) is 17.8. The fourth-order valence-corrected chi connectivity index (χ4v) is 14.8. The number of amides is 2. The molecule has 0 saturated carbocycles. The van der Waals surface area contributed by atoms with Gasteiger partial charge in [-0.3, -0.25) is 14.5 Å². The Labute approximate surface area is 604 Å². The van der Waals surface area contributed by atoms with E-state index in [4.69, 9.17) is 47.7 Å². The van der Waals surface area contributed by atoms with Crippen molar-refractivity contribution in [2.24, 2.45) is 5.16 Å². The molecule has 19 nitrogen and oxygen atoms in total. The molecule has 0 aliphatic carbocycles. The number of hydrogen-bond donors (Lipinski definition) is 2. The Morgan fingerprint density at radius 1 is 0.627 bits per heavy atom. The highest BCUT2D eigenvalue weighted by molar-refractivity contribution is 8.01. The van der Waals surface area contributed by atoms with Crippen LogP contribution in [0.25, 0.3) is 0 Å². The van der Waals surface area contributed by atoms with E-state index in [0.29, 0.717) is 59.9 Å². The highest BCUT2D eigenvalue weighted by Gasteiger charge is 2.55. The summed E-state index contributed by atoms with van der Waals surface area (Å²) in [5, 5.41) is 12.7. The minimum absolute atomic E-state index is 0.0395. The van der Waals surface area contributed by atoms with Gasteiger partial charge in [0.2, 0.25) is 6.54 Å². The summed E-state index contributed by atoms with van der Waals surface area (Å²) < 4.78 is 47.8. The van der Waals surface area contributed by atoms with Gasteiger partial charge in [0.15, 0.2) is 60.5 Å². The van der Waals surface area contributed by atoms with Crippen molar-refractivity contribution in [2.75, 3.05) is 71.1 Å². The highest BCUT2D eigenvalue weighted by Crippen LogP contribution is 2.44. The van der Waals surface area contributed by atoms with Gasteiger partial charge >= 0.3 is 11.9 Å². The number of thioether (sulfide) groups is 2. The first-order valence-electron chi connectivity index (χ1n) is 33.0. The Bertz CT molecular complexity index is 4260. The van der Waals surface area contributed by atoms with Gasteiger partial charge < -0.3 is 53.4 Å². The maximum Gasteiger partial charge on any atom is 0.373 e. The molecule has 2 aliphatic heterocycles. The van der Waals surface area contributed by atoms with Crippen LogP contribution >= 0.6 is 34.9 Å². The van der Waals surface area contributed by atoms with E-state index in [1.165, 1.54) is 39.8 Å². The number of nitrogens with zero attached hydrogens (tertiary/aromatic N) is 4. The number of anilines is 1. The van der Waals surface area contributed by atoms with Crippen molar-refractivity contribution in [3.63, 3.8) is 0 Å². The molecule has 102 heavy (non-hydrogen) atoms. The summed E-state index contributed by atoms with van der Waals surface area (Å²) in [6.07, 6.45) is 2.19. The van der Waals surface area contributed by atoms with Gasteiger partial charge in [-0.2, -0.15) is 4.57 Å². The average Bonchev–Trinajstić information content (AvgIpc) is 0.868. The molecule has 2 atom stereocenters. The average molecular weight is 1420 g/mol. The number of benzene rings is 8. The molecule has 2 N–H and O–H groups in total. The van der Waals surface area contributed by atoms with Gasteiger partial charge in [-0.05, 0) is 62.2 Å². The van der Waals surface area contributed by atoms with Crippen LogP contribution < -0.4 is 24.7 Å². The zero-order chi connectivity index (χ0) is 70.3. The van der Waals surface area contributed by atoms with Crippen molar-refractivity contribution >= 4 is 69.5 Å². The van der Waals surface area contributed by atoms with Crippen LogP contribution in [0.1, 0.15) is 62.4 Å². The van der Waals surface area contributed by atoms with Crippen LogP contribution in [-0.2, 0) is 71.1 Å². The number of ether oxygens (including phenoxy) is 8. The number of esters is 2. The lowest BCUT2D eigenvalue weighted by Crippen LogP contribution is -2.71. The van der Waals surface area contributed by atoms with E-state index < -0.39 is 52.9 Å². The second kappa shape index (κ2) is 35.7. The number of nitrogens with one attached hydrogen (secondary N) is 2. The van der Waals surface area contributed by atoms with Gasteiger partial charge in [0.1, 0.15) is 35.0 Å². The van der Waals surface area contributed by atoms with Crippen molar-refractivity contribution in [3.8, 4) is 11.5 Å². The first-order valence-corrected chi connectivity index (χ1v) is 35.9. The molecule has 4 heterocycles. The zero-order valence-electron chi connectivity index (χ0n) is 56.0. The second-order valence-corrected chi connectivity index (χ2v) is 26.4. The number of fused-ring (bicyclic) bond motifs is 1. The Morgan fingerprint density at radius 3 is 1.65 bits per heavy atom. The Morgan fingerprint density at radius 2 is 1.13 bits per heavy atom. The van der Waals surface area contributed by atoms with Gasteiger partial charge in [0.25, 0.3) is 11.8 Å². The van der Waals surface area contributed by atoms with Crippen LogP contribution in [0.2, 0.25) is 0 Å². The number of β-lactam (4-membered cyclic amide) rings is 1. The van der Waals surface area contributed by atoms with E-state index in [1.54, 1.807) is 54.8 Å². The van der Waals surface area contributed by atoms with E-state index in [9.17, 15) is 4.79 Å². The normalized spacial score (nSPS) is 14.4. The molecule has 22 heteroatoms. The summed E-state index contributed by atoms with van der Waals surface area (Å²) in [5.41, 5.74) is 6.26.